The van der Waals surface area contributed by atoms with Gasteiger partial charge in [-0.2, -0.15) is 0 Å². The van der Waals surface area contributed by atoms with Crippen molar-refractivity contribution < 1.29 is 72.5 Å². The number of benzene rings is 2. The zero-order chi connectivity index (χ0) is 45.7. The smallest absolute Gasteiger partial charge is 0.408 e. The Morgan fingerprint density at radius 3 is 2.05 bits per heavy atom. The zero-order valence-electron chi connectivity index (χ0n) is 36.8. The van der Waals surface area contributed by atoms with E-state index in [0.717, 1.165) is 6.92 Å². The monoisotopic (exact) mass is 865 g/mol. The molecule has 2 saturated carbocycles. The van der Waals surface area contributed by atoms with Crippen molar-refractivity contribution in [1.82, 2.24) is 5.32 Å². The Balaban J connectivity index is 1.55. The van der Waals surface area contributed by atoms with Crippen molar-refractivity contribution in [1.29, 1.82) is 0 Å². The minimum atomic E-state index is -2.30. The zero-order valence-corrected chi connectivity index (χ0v) is 36.8. The van der Waals surface area contributed by atoms with Gasteiger partial charge in [0.1, 0.15) is 35.6 Å². The van der Waals surface area contributed by atoms with Gasteiger partial charge < -0.3 is 53.8 Å². The van der Waals surface area contributed by atoms with E-state index in [1.54, 1.807) is 97.0 Å². The second-order valence-corrected chi connectivity index (χ2v) is 18.6. The average molecular weight is 866 g/mol. The van der Waals surface area contributed by atoms with Crippen LogP contribution in [0.1, 0.15) is 97.1 Å². The van der Waals surface area contributed by atoms with Crippen molar-refractivity contribution in [2.75, 3.05) is 13.7 Å². The molecule has 2 bridgehead atoms. The third-order valence-corrected chi connectivity index (χ3v) is 13.3. The van der Waals surface area contributed by atoms with E-state index in [0.29, 0.717) is 5.56 Å². The fourth-order valence-electron chi connectivity index (χ4n) is 10.4. The SMILES string of the molecule is CO[C@H]1C[C@H]2OC[C@@]2(OC(C)=O)[C@H]2[C@H](OC(=O)c3ccccc3)[C@]3(O)C[C@H](OC(=O)[C@H](O)[C@@H](NC(=O)OC(C)(C)C)c4ccccc4)C(C)=C([C@@H](OC(C)=O)[C@H](O)[C@]12C)C3(C)C. The van der Waals surface area contributed by atoms with Gasteiger partial charge in [-0.25, -0.2) is 14.4 Å². The maximum atomic E-state index is 14.4. The molecule has 1 amide bonds. The molecule has 4 aliphatic rings. The minimum Gasteiger partial charge on any atom is -0.456 e. The largest absolute Gasteiger partial charge is 0.456 e. The molecule has 338 valence electrons. The Bertz CT molecular complexity index is 2070. The van der Waals surface area contributed by atoms with Gasteiger partial charge in [-0.1, -0.05) is 69.3 Å². The number of ether oxygens (including phenoxy) is 7. The first-order chi connectivity index (χ1) is 28.9. The highest BCUT2D eigenvalue weighted by atomic mass is 16.6. The summed E-state index contributed by atoms with van der Waals surface area (Å²) < 4.78 is 42.4. The van der Waals surface area contributed by atoms with Crippen molar-refractivity contribution in [2.24, 2.45) is 16.7 Å². The first-order valence-electron chi connectivity index (χ1n) is 20.7. The number of hydrogen-bond acceptors (Lipinski definition) is 15. The summed E-state index contributed by atoms with van der Waals surface area (Å²) in [5, 5.41) is 41.1. The summed E-state index contributed by atoms with van der Waals surface area (Å²) in [5.41, 5.74) is -7.17. The number of esters is 4. The van der Waals surface area contributed by atoms with Gasteiger partial charge in [0.2, 0.25) is 0 Å². The van der Waals surface area contributed by atoms with Gasteiger partial charge in [0, 0.05) is 44.6 Å². The maximum absolute atomic E-state index is 14.4. The molecule has 3 fully saturated rings. The molecule has 6 rings (SSSR count). The van der Waals surface area contributed by atoms with Crippen LogP contribution in [0, 0.1) is 16.7 Å². The number of nitrogens with one attached hydrogen (secondary N) is 1. The number of carbonyl (C=O) groups is 5. The number of hydrogen-bond donors (Lipinski definition) is 4. The number of aliphatic hydroxyl groups excluding tert-OH is 2. The lowest BCUT2D eigenvalue weighted by molar-refractivity contribution is -0.366. The summed E-state index contributed by atoms with van der Waals surface area (Å²) >= 11 is 0. The van der Waals surface area contributed by atoms with Crippen molar-refractivity contribution in [2.45, 2.75) is 141 Å². The Morgan fingerprint density at radius 1 is 0.903 bits per heavy atom. The normalized spacial score (nSPS) is 33.3. The van der Waals surface area contributed by atoms with Gasteiger partial charge in [0.05, 0.1) is 30.2 Å². The Hall–Kier alpha value is -4.87. The van der Waals surface area contributed by atoms with E-state index < -0.39 is 119 Å². The molecule has 12 atom stereocenters. The predicted molar refractivity (Wildman–Crippen MR) is 219 cm³/mol. The molecule has 1 heterocycles. The lowest BCUT2D eigenvalue weighted by atomic mass is 9.44. The van der Waals surface area contributed by atoms with E-state index in [-0.39, 0.29) is 29.7 Å². The van der Waals surface area contributed by atoms with Gasteiger partial charge in [-0.15, -0.1) is 0 Å². The Morgan fingerprint density at radius 2 is 1.52 bits per heavy atom. The number of amides is 1. The quantitative estimate of drug-likeness (QED) is 0.149. The fourth-order valence-corrected chi connectivity index (χ4v) is 10.4. The van der Waals surface area contributed by atoms with Crippen LogP contribution in [0.25, 0.3) is 0 Å². The van der Waals surface area contributed by atoms with E-state index in [1.165, 1.54) is 26.2 Å². The molecule has 62 heavy (non-hydrogen) atoms. The van der Waals surface area contributed by atoms with Crippen LogP contribution in [0.2, 0.25) is 0 Å². The third-order valence-electron chi connectivity index (χ3n) is 13.3. The summed E-state index contributed by atoms with van der Waals surface area (Å²) in [6, 6.07) is 14.9. The summed E-state index contributed by atoms with van der Waals surface area (Å²) in [5.74, 6) is -4.91. The van der Waals surface area contributed by atoms with Gasteiger partial charge >= 0.3 is 30.0 Å². The predicted octanol–water partition coefficient (Wildman–Crippen LogP) is 4.28. The second-order valence-electron chi connectivity index (χ2n) is 18.6. The summed E-state index contributed by atoms with van der Waals surface area (Å²) in [6.07, 6.45) is -11.5. The number of fused-ring (bicyclic) bond motifs is 5. The van der Waals surface area contributed by atoms with E-state index in [1.807, 2.05) is 0 Å². The maximum Gasteiger partial charge on any atom is 0.408 e. The standard InChI is InChI=1S/C46H59NO15/c1-24-29(59-40(53)34(50)33(27-17-13-11-14-18-27)47-41(54)62-42(4,5)6)22-46(55)38(60-39(52)28-19-15-12-16-20-28)36-44(9,37(51)35(58-25(2)48)32(24)43(46,7)8)30(56-10)21-31-45(36,23-57-31)61-26(3)49/h11-20,29-31,33-38,50-51,55H,21-23H2,1-10H3,(H,47,54)/t29-,30-,31+,33-,34+,35+,36-,37-,38-,44+,45-,46+/m0/s1. The highest BCUT2D eigenvalue weighted by Crippen LogP contribution is 2.65. The molecule has 2 aromatic carbocycles. The van der Waals surface area contributed by atoms with Gasteiger partial charge in [-0.05, 0) is 56.5 Å². The topological polar surface area (TPSA) is 223 Å². The molecule has 1 saturated heterocycles. The van der Waals surface area contributed by atoms with Gasteiger partial charge in [0.15, 0.2) is 17.8 Å². The highest BCUT2D eigenvalue weighted by molar-refractivity contribution is 5.89. The molecule has 1 aliphatic heterocycles. The van der Waals surface area contributed by atoms with Crippen LogP contribution in [0.3, 0.4) is 0 Å². The molecule has 0 spiro atoms. The number of carbonyl (C=O) groups excluding carboxylic acids is 5. The molecular formula is C46H59NO15. The molecule has 16 heteroatoms. The van der Waals surface area contributed by atoms with E-state index in [9.17, 15) is 39.3 Å². The van der Waals surface area contributed by atoms with E-state index in [2.05, 4.69) is 5.32 Å². The number of aliphatic hydroxyl groups is 3. The first kappa shape index (κ1) is 46.6. The van der Waals surface area contributed by atoms with Crippen LogP contribution in [0.5, 0.6) is 0 Å². The number of rotatable bonds is 10. The van der Waals surface area contributed by atoms with Crippen LogP contribution in [-0.2, 0) is 47.5 Å². The molecule has 0 radical (unpaired) electrons. The molecule has 2 aromatic rings. The van der Waals surface area contributed by atoms with Crippen LogP contribution in [0.15, 0.2) is 71.8 Å². The van der Waals surface area contributed by atoms with E-state index >= 15 is 0 Å². The van der Waals surface area contributed by atoms with E-state index in [4.69, 9.17) is 33.2 Å². The van der Waals surface area contributed by atoms with Crippen LogP contribution < -0.4 is 5.32 Å². The Labute approximate surface area is 361 Å². The van der Waals surface area contributed by atoms with Crippen LogP contribution in [-0.4, -0.2) is 119 Å². The molecule has 0 aromatic heterocycles. The van der Waals surface area contributed by atoms with Crippen LogP contribution in [0.4, 0.5) is 4.79 Å². The third kappa shape index (κ3) is 8.11. The molecular weight excluding hydrogens is 806 g/mol. The molecule has 4 N–H and O–H groups in total. The average Bonchev–Trinajstić information content (AvgIpc) is 3.19. The second kappa shape index (κ2) is 17.0. The minimum absolute atomic E-state index is 0.0951. The highest BCUT2D eigenvalue weighted by Gasteiger charge is 2.78. The summed E-state index contributed by atoms with van der Waals surface area (Å²) in [4.78, 5) is 67.9. The van der Waals surface area contributed by atoms with Crippen molar-refractivity contribution in [3.05, 3.63) is 82.9 Å². The number of methoxy groups -OCH3 is 1. The fraction of sp³-hybridized carbons (Fsp3) is 0.587. The van der Waals surface area contributed by atoms with Gasteiger partial charge in [0.25, 0.3) is 0 Å². The van der Waals surface area contributed by atoms with Gasteiger partial charge in [-0.3, -0.25) is 9.59 Å². The Kier molecular flexibility index (Phi) is 12.8. The molecule has 3 aliphatic carbocycles. The lowest BCUT2D eigenvalue weighted by Gasteiger charge is -2.69. The van der Waals surface area contributed by atoms with Crippen molar-refractivity contribution in [3.63, 3.8) is 0 Å². The molecule has 0 unspecified atom stereocenters. The molecule has 16 nitrogen and oxygen atoms in total. The van der Waals surface area contributed by atoms with Crippen molar-refractivity contribution >= 4 is 30.0 Å². The van der Waals surface area contributed by atoms with Crippen molar-refractivity contribution in [3.8, 4) is 0 Å². The van der Waals surface area contributed by atoms with Crippen LogP contribution >= 0.6 is 0 Å². The number of alkyl carbamates (subject to hydrolysis) is 1. The first-order valence-corrected chi connectivity index (χ1v) is 20.7. The summed E-state index contributed by atoms with van der Waals surface area (Å²) in [6.45, 7) is 13.6. The summed E-state index contributed by atoms with van der Waals surface area (Å²) in [7, 11) is 1.42. The lowest BCUT2D eigenvalue weighted by Crippen LogP contribution is -2.82.